The zero-order chi connectivity index (χ0) is 21.1. The normalized spacial score (nSPS) is 12.9. The van der Waals surface area contributed by atoms with Crippen LogP contribution in [0.4, 0.5) is 18.9 Å². The van der Waals surface area contributed by atoms with Crippen molar-refractivity contribution >= 4 is 27.6 Å². The summed E-state index contributed by atoms with van der Waals surface area (Å²) in [5, 5.41) is 7.37. The van der Waals surface area contributed by atoms with E-state index in [0.29, 0.717) is 0 Å². The maximum Gasteiger partial charge on any atom is 0.416 e. The van der Waals surface area contributed by atoms with Crippen molar-refractivity contribution < 1.29 is 35.9 Å². The first kappa shape index (κ1) is 21.4. The zero-order valence-corrected chi connectivity index (χ0v) is 15.2. The van der Waals surface area contributed by atoms with Crippen molar-refractivity contribution in [2.45, 2.75) is 24.1 Å². The van der Waals surface area contributed by atoms with Crippen LogP contribution in [0.1, 0.15) is 22.8 Å². The lowest BCUT2D eigenvalue weighted by Gasteiger charge is -2.14. The second kappa shape index (κ2) is 7.98. The number of anilines is 1. The number of alkyl halides is 3. The van der Waals surface area contributed by atoms with Gasteiger partial charge >= 0.3 is 12.1 Å². The molecule has 0 aromatic heterocycles. The Labute approximate surface area is 158 Å². The van der Waals surface area contributed by atoms with Gasteiger partial charge in [-0.2, -0.15) is 13.2 Å². The Morgan fingerprint density at radius 1 is 1.04 bits per heavy atom. The molecular weight excluding hydrogens is 401 g/mol. The van der Waals surface area contributed by atoms with Gasteiger partial charge in [0, 0.05) is 5.69 Å². The van der Waals surface area contributed by atoms with Crippen LogP contribution < -0.4 is 10.5 Å². The van der Waals surface area contributed by atoms with E-state index >= 15 is 0 Å². The molecule has 1 unspecified atom stereocenters. The van der Waals surface area contributed by atoms with Crippen molar-refractivity contribution in [2.75, 3.05) is 5.32 Å². The quantitative estimate of drug-likeness (QED) is 0.727. The average molecular weight is 416 g/mol. The Hall–Kier alpha value is -2.92. The van der Waals surface area contributed by atoms with Crippen LogP contribution in [-0.2, 0) is 25.7 Å². The standard InChI is InChI=1S/C17H15F3N2O5S/c1-10(15(23)22-13-6-8-14(9-7-13)28(21,25)26)27-16(24)11-2-4-12(5-3-11)17(18,19)20/h2-10H,1H3,(H,22,23)(H2,21,25,26). The molecule has 2 aromatic carbocycles. The highest BCUT2D eigenvalue weighted by Crippen LogP contribution is 2.29. The molecule has 150 valence electrons. The summed E-state index contributed by atoms with van der Waals surface area (Å²) in [4.78, 5) is 23.9. The predicted molar refractivity (Wildman–Crippen MR) is 92.8 cm³/mol. The number of hydrogen-bond donors (Lipinski definition) is 2. The van der Waals surface area contributed by atoms with E-state index in [9.17, 15) is 31.2 Å². The van der Waals surface area contributed by atoms with E-state index in [4.69, 9.17) is 9.88 Å². The fourth-order valence-electron chi connectivity index (χ4n) is 2.05. The summed E-state index contributed by atoms with van der Waals surface area (Å²) in [5.74, 6) is -1.69. The Bertz CT molecular complexity index is 971. The molecule has 0 saturated heterocycles. The molecule has 2 rings (SSSR count). The third-order valence-electron chi connectivity index (χ3n) is 3.55. The largest absolute Gasteiger partial charge is 0.449 e. The van der Waals surface area contributed by atoms with Gasteiger partial charge in [0.05, 0.1) is 16.0 Å². The van der Waals surface area contributed by atoms with Crippen molar-refractivity contribution in [3.63, 3.8) is 0 Å². The van der Waals surface area contributed by atoms with Crippen LogP contribution in [0.25, 0.3) is 0 Å². The minimum absolute atomic E-state index is 0.146. The minimum Gasteiger partial charge on any atom is -0.449 e. The van der Waals surface area contributed by atoms with Gasteiger partial charge in [0.15, 0.2) is 6.10 Å². The molecule has 2 aromatic rings. The molecule has 0 fully saturated rings. The highest BCUT2D eigenvalue weighted by Gasteiger charge is 2.30. The van der Waals surface area contributed by atoms with Gasteiger partial charge in [0.25, 0.3) is 5.91 Å². The number of primary sulfonamides is 1. The number of carbonyl (C=O) groups is 2. The molecule has 0 heterocycles. The monoisotopic (exact) mass is 416 g/mol. The van der Waals surface area contributed by atoms with Crippen molar-refractivity contribution in [1.29, 1.82) is 0 Å². The lowest BCUT2D eigenvalue weighted by molar-refractivity contribution is -0.137. The number of halogens is 3. The first-order valence-electron chi connectivity index (χ1n) is 7.70. The van der Waals surface area contributed by atoms with Gasteiger partial charge in [0.2, 0.25) is 10.0 Å². The summed E-state index contributed by atoms with van der Waals surface area (Å²) >= 11 is 0. The molecular formula is C17H15F3N2O5S. The van der Waals surface area contributed by atoms with Gasteiger partial charge in [-0.05, 0) is 55.5 Å². The number of nitrogens with two attached hydrogens (primary N) is 1. The van der Waals surface area contributed by atoms with Crippen LogP contribution in [-0.4, -0.2) is 26.4 Å². The number of sulfonamides is 1. The lowest BCUT2D eigenvalue weighted by atomic mass is 10.1. The summed E-state index contributed by atoms with van der Waals surface area (Å²) in [6.45, 7) is 1.27. The Morgan fingerprint density at radius 2 is 1.57 bits per heavy atom. The molecule has 0 saturated carbocycles. The molecule has 0 bridgehead atoms. The van der Waals surface area contributed by atoms with Gasteiger partial charge in [-0.15, -0.1) is 0 Å². The highest BCUT2D eigenvalue weighted by molar-refractivity contribution is 7.89. The first-order valence-corrected chi connectivity index (χ1v) is 9.24. The zero-order valence-electron chi connectivity index (χ0n) is 14.4. The van der Waals surface area contributed by atoms with Crippen LogP contribution in [0.3, 0.4) is 0 Å². The fourth-order valence-corrected chi connectivity index (χ4v) is 2.56. The molecule has 0 spiro atoms. The van der Waals surface area contributed by atoms with Gasteiger partial charge < -0.3 is 10.1 Å². The minimum atomic E-state index is -4.53. The van der Waals surface area contributed by atoms with Gasteiger partial charge in [-0.3, -0.25) is 4.79 Å². The molecule has 3 N–H and O–H groups in total. The Morgan fingerprint density at radius 3 is 2.04 bits per heavy atom. The van der Waals surface area contributed by atoms with E-state index in [1.807, 2.05) is 0 Å². The number of ether oxygens (including phenoxy) is 1. The van der Waals surface area contributed by atoms with Crippen LogP contribution in [0.2, 0.25) is 0 Å². The predicted octanol–water partition coefficient (Wildman–Crippen LogP) is 2.54. The van der Waals surface area contributed by atoms with E-state index in [0.717, 1.165) is 24.3 Å². The van der Waals surface area contributed by atoms with Crippen molar-refractivity contribution in [3.8, 4) is 0 Å². The molecule has 0 aliphatic heterocycles. The lowest BCUT2D eigenvalue weighted by Crippen LogP contribution is -2.30. The SMILES string of the molecule is CC(OC(=O)c1ccc(C(F)(F)F)cc1)C(=O)Nc1ccc(S(N)(=O)=O)cc1. The first-order chi connectivity index (χ1) is 12.9. The van der Waals surface area contributed by atoms with Crippen molar-refractivity contribution in [2.24, 2.45) is 5.14 Å². The van der Waals surface area contributed by atoms with Crippen LogP contribution in [0, 0.1) is 0 Å². The number of amides is 1. The van der Waals surface area contributed by atoms with Crippen molar-refractivity contribution in [3.05, 3.63) is 59.7 Å². The molecule has 11 heteroatoms. The van der Waals surface area contributed by atoms with E-state index in [-0.39, 0.29) is 16.1 Å². The maximum atomic E-state index is 12.5. The van der Waals surface area contributed by atoms with Gasteiger partial charge in [-0.25, -0.2) is 18.4 Å². The molecule has 28 heavy (non-hydrogen) atoms. The second-order valence-corrected chi connectivity index (χ2v) is 7.24. The van der Waals surface area contributed by atoms with Crippen LogP contribution >= 0.6 is 0 Å². The van der Waals surface area contributed by atoms with E-state index < -0.39 is 39.7 Å². The molecule has 1 atom stereocenters. The second-order valence-electron chi connectivity index (χ2n) is 5.68. The summed E-state index contributed by atoms with van der Waals surface area (Å²) in [7, 11) is -3.88. The summed E-state index contributed by atoms with van der Waals surface area (Å²) < 4.78 is 64.9. The topological polar surface area (TPSA) is 116 Å². The third kappa shape index (κ3) is 5.54. The van der Waals surface area contributed by atoms with E-state index in [1.165, 1.54) is 31.2 Å². The average Bonchev–Trinajstić information content (AvgIpc) is 2.60. The van der Waals surface area contributed by atoms with Gasteiger partial charge in [0.1, 0.15) is 0 Å². The Balaban J connectivity index is 1.99. The molecule has 0 radical (unpaired) electrons. The summed E-state index contributed by atoms with van der Waals surface area (Å²) in [5.41, 5.74) is -0.835. The number of benzene rings is 2. The van der Waals surface area contributed by atoms with E-state index in [2.05, 4.69) is 5.32 Å². The maximum absolute atomic E-state index is 12.5. The molecule has 7 nitrogen and oxygen atoms in total. The number of nitrogens with one attached hydrogen (secondary N) is 1. The third-order valence-corrected chi connectivity index (χ3v) is 4.48. The fraction of sp³-hybridized carbons (Fsp3) is 0.176. The molecule has 0 aliphatic carbocycles. The summed E-state index contributed by atoms with van der Waals surface area (Å²) in [6, 6.07) is 8.31. The molecule has 0 aliphatic rings. The number of esters is 1. The number of rotatable bonds is 5. The molecule has 1 amide bonds. The van der Waals surface area contributed by atoms with Crippen LogP contribution in [0.5, 0.6) is 0 Å². The Kier molecular flexibility index (Phi) is 6.10. The summed E-state index contributed by atoms with van der Waals surface area (Å²) in [6.07, 6.45) is -5.79. The number of hydrogen-bond acceptors (Lipinski definition) is 5. The van der Waals surface area contributed by atoms with Crippen LogP contribution in [0.15, 0.2) is 53.4 Å². The van der Waals surface area contributed by atoms with Crippen molar-refractivity contribution in [1.82, 2.24) is 0 Å². The van der Waals surface area contributed by atoms with E-state index in [1.54, 1.807) is 0 Å². The number of carbonyl (C=O) groups excluding carboxylic acids is 2. The smallest absolute Gasteiger partial charge is 0.416 e. The van der Waals surface area contributed by atoms with Gasteiger partial charge in [-0.1, -0.05) is 0 Å². The highest BCUT2D eigenvalue weighted by atomic mass is 32.2.